The van der Waals surface area contributed by atoms with Gasteiger partial charge in [0.1, 0.15) is 46.1 Å². The number of nitrogens with zero attached hydrogens (tertiary/aromatic N) is 6. The molecule has 0 unspecified atom stereocenters. The number of likely N-dealkylation sites (N-methyl/N-ethyl adjacent to an activating group) is 1. The smallest absolute Gasteiger partial charge is 0.328 e. The molecule has 250 valence electrons. The molecule has 3 aliphatic carbocycles. The van der Waals surface area contributed by atoms with Crippen LogP contribution in [0.25, 0.3) is 0 Å². The van der Waals surface area contributed by atoms with Crippen molar-refractivity contribution in [2.75, 3.05) is 43.4 Å². The summed E-state index contributed by atoms with van der Waals surface area (Å²) in [6, 6.07) is 5.13. The van der Waals surface area contributed by atoms with Crippen LogP contribution in [-0.2, 0) is 22.6 Å². The van der Waals surface area contributed by atoms with Gasteiger partial charge in [0.05, 0.1) is 18.3 Å². The molecule has 0 atom stereocenters. The fourth-order valence-electron chi connectivity index (χ4n) is 6.55. The summed E-state index contributed by atoms with van der Waals surface area (Å²) in [5, 5.41) is 23.1. The van der Waals surface area contributed by atoms with Crippen molar-refractivity contribution in [3.8, 4) is 11.8 Å². The Kier molecular flexibility index (Phi) is 10.2. The fraction of sp³-hybridized carbons (Fsp3) is 0.559. The number of hydrogen-bond acceptors (Lipinski definition) is 10. The van der Waals surface area contributed by atoms with Crippen molar-refractivity contribution in [1.29, 1.82) is 5.26 Å². The molecule has 3 amide bonds. The lowest BCUT2D eigenvalue weighted by atomic mass is 9.65. The molecule has 2 aromatic rings. The predicted molar refractivity (Wildman–Crippen MR) is 173 cm³/mol. The van der Waals surface area contributed by atoms with Gasteiger partial charge in [0.15, 0.2) is 6.29 Å². The largest absolute Gasteiger partial charge is 0.486 e. The maximum Gasteiger partial charge on any atom is 0.328 e. The van der Waals surface area contributed by atoms with Gasteiger partial charge in [-0.3, -0.25) is 24.7 Å². The highest BCUT2D eigenvalue weighted by molar-refractivity contribution is 6.01. The first-order chi connectivity index (χ1) is 22.5. The number of carbonyl (C=O) groups is 4. The number of nitriles is 1. The number of hydrogen-bond donors (Lipinski definition) is 2. The van der Waals surface area contributed by atoms with E-state index in [0.29, 0.717) is 107 Å². The van der Waals surface area contributed by atoms with Crippen LogP contribution in [-0.4, -0.2) is 93.3 Å². The van der Waals surface area contributed by atoms with E-state index in [0.717, 1.165) is 12.1 Å². The molecule has 13 nitrogen and oxygen atoms in total. The van der Waals surface area contributed by atoms with Gasteiger partial charge in [-0.1, -0.05) is 6.92 Å². The lowest BCUT2D eigenvalue weighted by Crippen LogP contribution is -2.52. The number of nitrogens with one attached hydrogen (secondary N) is 1. The molecule has 47 heavy (non-hydrogen) atoms. The number of rotatable bonds is 7. The molecule has 2 N–H and O–H groups in total. The summed E-state index contributed by atoms with van der Waals surface area (Å²) in [5.41, 5.74) is 0.948. The molecule has 5 aliphatic rings. The van der Waals surface area contributed by atoms with Gasteiger partial charge in [-0.25, -0.2) is 14.8 Å². The van der Waals surface area contributed by atoms with Gasteiger partial charge in [0, 0.05) is 44.2 Å². The number of aromatic nitrogens is 2. The van der Waals surface area contributed by atoms with Crippen LogP contribution >= 0.6 is 0 Å². The lowest BCUT2D eigenvalue weighted by molar-refractivity contribution is -0.136. The van der Waals surface area contributed by atoms with E-state index in [1.807, 2.05) is 24.9 Å². The van der Waals surface area contributed by atoms with E-state index >= 15 is 0 Å². The number of anilines is 2. The quantitative estimate of drug-likeness (QED) is 0.424. The highest BCUT2D eigenvalue weighted by Crippen LogP contribution is 2.49. The Hall–Kier alpha value is -4.41. The summed E-state index contributed by atoms with van der Waals surface area (Å²) in [5.74, 6) is 1.27. The van der Waals surface area contributed by atoms with Crippen LogP contribution in [0.5, 0.6) is 5.75 Å². The van der Waals surface area contributed by atoms with Gasteiger partial charge in [-0.05, 0) is 77.0 Å². The summed E-state index contributed by atoms with van der Waals surface area (Å²) in [7, 11) is 1.90. The molecule has 0 spiro atoms. The Labute approximate surface area is 274 Å². The molecule has 0 aromatic carbocycles. The van der Waals surface area contributed by atoms with Crippen LogP contribution in [0.4, 0.5) is 16.4 Å². The maximum atomic E-state index is 13.5. The standard InChI is InChI=1S/C30H35N7O5.C4H8O/c1-35-11-12-36(26(39)18-35)17-21-13-20-3-2-10-37(27(20)33-23(21)19-38)28(40)34-25-14-24(22(15-31)16-32-25)42-30-7-4-29(41,5-8-30)6-9-30;1-3-4(2)5/h13-14,16,19,41H,2-12,17-18H2,1H3,(H,32,34,40);3H2,1-2H3. The minimum atomic E-state index is -0.605. The minimum absolute atomic E-state index is 0.00525. The number of carbonyl (C=O) groups excluding carboxylic acids is 4. The molecule has 3 saturated carbocycles. The summed E-state index contributed by atoms with van der Waals surface area (Å²) in [6.45, 7) is 5.81. The van der Waals surface area contributed by atoms with Crippen molar-refractivity contribution in [2.45, 2.75) is 89.4 Å². The van der Waals surface area contributed by atoms with Gasteiger partial charge in [-0.2, -0.15) is 5.26 Å². The normalized spacial score (nSPS) is 23.6. The first-order valence-corrected chi connectivity index (χ1v) is 16.3. The van der Waals surface area contributed by atoms with Crippen LogP contribution in [0, 0.1) is 11.3 Å². The Morgan fingerprint density at radius 1 is 1.15 bits per heavy atom. The van der Waals surface area contributed by atoms with Crippen molar-refractivity contribution < 1.29 is 29.0 Å². The molecule has 7 rings (SSSR count). The van der Waals surface area contributed by atoms with Crippen molar-refractivity contribution in [3.05, 3.63) is 40.7 Å². The van der Waals surface area contributed by atoms with Crippen molar-refractivity contribution >= 4 is 35.6 Å². The van der Waals surface area contributed by atoms with Crippen LogP contribution in [0.3, 0.4) is 0 Å². The van der Waals surface area contributed by atoms with E-state index in [4.69, 9.17) is 4.74 Å². The predicted octanol–water partition coefficient (Wildman–Crippen LogP) is 3.62. The molecule has 13 heteroatoms. The van der Waals surface area contributed by atoms with E-state index < -0.39 is 17.2 Å². The number of aliphatic hydroxyl groups is 1. The zero-order valence-electron chi connectivity index (χ0n) is 27.4. The maximum absolute atomic E-state index is 13.5. The number of ether oxygens (including phenoxy) is 1. The number of ketones is 1. The third-order valence-corrected chi connectivity index (χ3v) is 9.69. The van der Waals surface area contributed by atoms with Gasteiger partial charge in [0.2, 0.25) is 5.91 Å². The molecular formula is C34H43N7O6. The zero-order valence-corrected chi connectivity index (χ0v) is 27.4. The van der Waals surface area contributed by atoms with E-state index in [-0.39, 0.29) is 28.8 Å². The molecule has 4 fully saturated rings. The van der Waals surface area contributed by atoms with Crippen LogP contribution in [0.15, 0.2) is 18.3 Å². The fourth-order valence-corrected chi connectivity index (χ4v) is 6.55. The van der Waals surface area contributed by atoms with E-state index in [1.165, 1.54) is 11.1 Å². The Morgan fingerprint density at radius 3 is 2.47 bits per heavy atom. The Bertz CT molecular complexity index is 1560. The molecular weight excluding hydrogens is 602 g/mol. The number of fused-ring (bicyclic) bond motifs is 4. The third-order valence-electron chi connectivity index (χ3n) is 9.69. The second-order valence-corrected chi connectivity index (χ2v) is 13.1. The summed E-state index contributed by atoms with van der Waals surface area (Å²) >= 11 is 0. The number of aryl methyl sites for hydroxylation is 1. The highest BCUT2D eigenvalue weighted by atomic mass is 16.5. The van der Waals surface area contributed by atoms with Gasteiger partial charge < -0.3 is 19.5 Å². The third kappa shape index (κ3) is 7.77. The van der Waals surface area contributed by atoms with Crippen LogP contribution < -0.4 is 15.0 Å². The first-order valence-electron chi connectivity index (χ1n) is 16.3. The average Bonchev–Trinajstić information content (AvgIpc) is 3.06. The van der Waals surface area contributed by atoms with Crippen molar-refractivity contribution in [2.24, 2.45) is 0 Å². The summed E-state index contributed by atoms with van der Waals surface area (Å²) in [6.07, 6.45) is 8.25. The van der Waals surface area contributed by atoms with Crippen molar-refractivity contribution in [1.82, 2.24) is 19.8 Å². The number of piperazine rings is 1. The summed E-state index contributed by atoms with van der Waals surface area (Å²) < 4.78 is 6.42. The van der Waals surface area contributed by atoms with Crippen LogP contribution in [0.2, 0.25) is 0 Å². The van der Waals surface area contributed by atoms with Crippen molar-refractivity contribution in [3.63, 3.8) is 0 Å². The number of Topliss-reactive ketones (excluding diaryl/α,β-unsaturated/α-hetero) is 1. The summed E-state index contributed by atoms with van der Waals surface area (Å²) in [4.78, 5) is 61.9. The van der Waals surface area contributed by atoms with E-state index in [9.17, 15) is 29.5 Å². The number of amides is 3. The molecule has 2 aromatic heterocycles. The SMILES string of the molecule is CCC(C)=O.CN1CCN(Cc2cc3c(nc2C=O)N(C(=O)Nc2cc(OC45CCC(O)(CC4)CC5)c(C#N)cn2)CCC3)C(=O)C1. The number of pyridine rings is 2. The monoisotopic (exact) mass is 645 g/mol. The Balaban J connectivity index is 0.000000807. The second-order valence-electron chi connectivity index (χ2n) is 13.1. The van der Waals surface area contributed by atoms with E-state index in [1.54, 1.807) is 17.9 Å². The van der Waals surface area contributed by atoms with Crippen LogP contribution in [0.1, 0.15) is 92.4 Å². The average molecular weight is 646 g/mol. The molecule has 2 bridgehead atoms. The van der Waals surface area contributed by atoms with Gasteiger partial charge >= 0.3 is 6.03 Å². The molecule has 1 saturated heterocycles. The molecule has 0 radical (unpaired) electrons. The lowest BCUT2D eigenvalue weighted by Gasteiger charge is -2.50. The molecule has 4 heterocycles. The zero-order chi connectivity index (χ0) is 33.8. The highest BCUT2D eigenvalue weighted by Gasteiger charge is 2.49. The van der Waals surface area contributed by atoms with E-state index in [2.05, 4.69) is 21.4 Å². The minimum Gasteiger partial charge on any atom is -0.486 e. The number of urea groups is 1. The number of aldehydes is 1. The second kappa shape index (κ2) is 14.1. The molecule has 2 aliphatic heterocycles. The van der Waals surface area contributed by atoms with Gasteiger partial charge in [-0.15, -0.1) is 0 Å². The van der Waals surface area contributed by atoms with Gasteiger partial charge in [0.25, 0.3) is 0 Å². The Morgan fingerprint density at radius 2 is 1.85 bits per heavy atom. The first kappa shape index (κ1) is 33.9. The topological polar surface area (TPSA) is 169 Å².